The fourth-order valence-corrected chi connectivity index (χ4v) is 0.316. The Morgan fingerprint density at radius 1 is 1.71 bits per heavy atom. The van der Waals surface area contributed by atoms with Crippen LogP contribution in [-0.2, 0) is 9.47 Å². The maximum absolute atomic E-state index is 9.95. The van der Waals surface area contributed by atoms with Gasteiger partial charge in [0, 0.05) is 0 Å². The van der Waals surface area contributed by atoms with E-state index >= 15 is 0 Å². The van der Waals surface area contributed by atoms with Crippen LogP contribution in [0.2, 0.25) is 0 Å². The summed E-state index contributed by atoms with van der Waals surface area (Å²) in [6.45, 7) is 3.54. The zero-order valence-corrected chi connectivity index (χ0v) is 3.64. The summed E-state index contributed by atoms with van der Waals surface area (Å²) in [5, 5.41) is 0. The van der Waals surface area contributed by atoms with Crippen molar-refractivity contribution in [2.45, 2.75) is 0 Å². The molecule has 0 bridgehead atoms. The smallest absolute Gasteiger partial charge is 0.426 e. The lowest BCUT2D eigenvalue weighted by Gasteiger charge is -1.80. The third-order valence-corrected chi connectivity index (χ3v) is 0.579. The monoisotopic (exact) mass is 100 g/mol. The Labute approximate surface area is 40.5 Å². The lowest BCUT2D eigenvalue weighted by molar-refractivity contribution is 0.136. The first-order chi connectivity index (χ1) is 3.29. The van der Waals surface area contributed by atoms with E-state index in [1.807, 2.05) is 0 Å². The molecule has 1 aliphatic heterocycles. The maximum Gasteiger partial charge on any atom is 0.514 e. The van der Waals surface area contributed by atoms with Crippen molar-refractivity contribution in [3.63, 3.8) is 0 Å². The first-order valence-electron chi connectivity index (χ1n) is 1.81. The molecule has 0 N–H and O–H groups in total. The van der Waals surface area contributed by atoms with E-state index in [9.17, 15) is 4.79 Å². The standard InChI is InChI=1S/C4H4O3/c1-3-2-6-4(5)7-3/h1-2H2. The fourth-order valence-electron chi connectivity index (χ4n) is 0.316. The molecule has 1 aliphatic rings. The molecule has 0 atom stereocenters. The van der Waals surface area contributed by atoms with Gasteiger partial charge in [0.1, 0.15) is 5.76 Å². The Morgan fingerprint density at radius 3 is 2.57 bits per heavy atom. The molecule has 0 aromatic carbocycles. The van der Waals surface area contributed by atoms with Crippen LogP contribution in [0.3, 0.4) is 0 Å². The summed E-state index contributed by atoms with van der Waals surface area (Å²) in [6, 6.07) is 0. The highest BCUT2D eigenvalue weighted by Crippen LogP contribution is 2.05. The Hall–Kier alpha value is -0.990. The van der Waals surface area contributed by atoms with Crippen LogP contribution in [0.1, 0.15) is 0 Å². The molecule has 1 fully saturated rings. The van der Waals surface area contributed by atoms with Crippen molar-refractivity contribution >= 4 is 6.16 Å². The van der Waals surface area contributed by atoms with Gasteiger partial charge in [0.05, 0.1) is 0 Å². The van der Waals surface area contributed by atoms with E-state index < -0.39 is 6.16 Å². The molecule has 1 saturated heterocycles. The SMILES string of the molecule is C=C1COC(=O)O1. The van der Waals surface area contributed by atoms with Gasteiger partial charge < -0.3 is 9.47 Å². The maximum atomic E-state index is 9.95. The van der Waals surface area contributed by atoms with Crippen molar-refractivity contribution in [1.82, 2.24) is 0 Å². The second-order valence-corrected chi connectivity index (χ2v) is 1.18. The average molecular weight is 100 g/mol. The van der Waals surface area contributed by atoms with Crippen molar-refractivity contribution in [2.24, 2.45) is 0 Å². The van der Waals surface area contributed by atoms with Crippen LogP contribution in [-0.4, -0.2) is 12.8 Å². The summed E-state index contributed by atoms with van der Waals surface area (Å²) in [5.74, 6) is 0.380. The molecule has 0 saturated carbocycles. The number of rotatable bonds is 0. The highest BCUT2D eigenvalue weighted by molar-refractivity contribution is 5.63. The third-order valence-electron chi connectivity index (χ3n) is 0.579. The Kier molecular flexibility index (Phi) is 0.749. The molecular formula is C4H4O3. The van der Waals surface area contributed by atoms with E-state index in [2.05, 4.69) is 16.1 Å². The van der Waals surface area contributed by atoms with E-state index in [4.69, 9.17) is 0 Å². The minimum Gasteiger partial charge on any atom is -0.426 e. The van der Waals surface area contributed by atoms with E-state index in [0.717, 1.165) is 0 Å². The van der Waals surface area contributed by atoms with Crippen LogP contribution in [0.25, 0.3) is 0 Å². The van der Waals surface area contributed by atoms with Crippen LogP contribution in [0, 0.1) is 0 Å². The van der Waals surface area contributed by atoms with Gasteiger partial charge in [0.25, 0.3) is 0 Å². The van der Waals surface area contributed by atoms with Gasteiger partial charge in [-0.15, -0.1) is 0 Å². The lowest BCUT2D eigenvalue weighted by Crippen LogP contribution is -1.88. The van der Waals surface area contributed by atoms with Crippen LogP contribution in [0.15, 0.2) is 12.3 Å². The quantitative estimate of drug-likeness (QED) is 0.419. The molecular weight excluding hydrogens is 96.0 g/mol. The number of carbonyl (C=O) groups excluding carboxylic acids is 1. The molecule has 0 radical (unpaired) electrons. The summed E-state index contributed by atoms with van der Waals surface area (Å²) in [6.07, 6.45) is -0.648. The number of hydrogen-bond donors (Lipinski definition) is 0. The molecule has 0 aromatic rings. The average Bonchev–Trinajstić information content (AvgIpc) is 1.87. The van der Waals surface area contributed by atoms with Crippen molar-refractivity contribution in [1.29, 1.82) is 0 Å². The van der Waals surface area contributed by atoms with Crippen LogP contribution >= 0.6 is 0 Å². The van der Waals surface area contributed by atoms with Gasteiger partial charge in [-0.25, -0.2) is 4.79 Å². The molecule has 3 nitrogen and oxygen atoms in total. The minimum atomic E-state index is -0.648. The summed E-state index contributed by atoms with van der Waals surface area (Å²) >= 11 is 0. The van der Waals surface area contributed by atoms with E-state index in [1.165, 1.54) is 0 Å². The van der Waals surface area contributed by atoms with Crippen molar-refractivity contribution in [3.8, 4) is 0 Å². The van der Waals surface area contributed by atoms with E-state index in [0.29, 0.717) is 5.76 Å². The first kappa shape index (κ1) is 4.18. The van der Waals surface area contributed by atoms with Gasteiger partial charge in [-0.2, -0.15) is 0 Å². The van der Waals surface area contributed by atoms with Crippen molar-refractivity contribution < 1.29 is 14.3 Å². The molecule has 7 heavy (non-hydrogen) atoms. The molecule has 38 valence electrons. The lowest BCUT2D eigenvalue weighted by atomic mass is 10.6. The summed E-state index contributed by atoms with van der Waals surface area (Å²) < 4.78 is 8.61. The molecule has 0 spiro atoms. The molecule has 0 aliphatic carbocycles. The third kappa shape index (κ3) is 0.707. The predicted molar refractivity (Wildman–Crippen MR) is 21.6 cm³/mol. The Bertz CT molecular complexity index is 102. The number of cyclic esters (lactones) is 2. The van der Waals surface area contributed by atoms with Gasteiger partial charge in [0.2, 0.25) is 0 Å². The molecule has 0 aromatic heterocycles. The van der Waals surface area contributed by atoms with Crippen LogP contribution < -0.4 is 0 Å². The summed E-state index contributed by atoms with van der Waals surface area (Å²) in [5.41, 5.74) is 0. The second-order valence-electron chi connectivity index (χ2n) is 1.18. The van der Waals surface area contributed by atoms with Gasteiger partial charge >= 0.3 is 6.16 Å². The molecule has 3 heteroatoms. The molecule has 1 rings (SSSR count). The number of ether oxygens (including phenoxy) is 2. The van der Waals surface area contributed by atoms with Gasteiger partial charge in [-0.3, -0.25) is 0 Å². The molecule has 0 unspecified atom stereocenters. The van der Waals surface area contributed by atoms with Crippen molar-refractivity contribution in [3.05, 3.63) is 12.3 Å². The normalized spacial score (nSPS) is 18.9. The van der Waals surface area contributed by atoms with Crippen LogP contribution in [0.4, 0.5) is 4.79 Å². The highest BCUT2D eigenvalue weighted by atomic mass is 16.8. The fraction of sp³-hybridized carbons (Fsp3) is 0.250. The van der Waals surface area contributed by atoms with Gasteiger partial charge in [-0.1, -0.05) is 6.58 Å². The second kappa shape index (κ2) is 1.26. The first-order valence-corrected chi connectivity index (χ1v) is 1.81. The van der Waals surface area contributed by atoms with Crippen molar-refractivity contribution in [2.75, 3.05) is 6.61 Å². The molecule has 1 heterocycles. The van der Waals surface area contributed by atoms with Crippen LogP contribution in [0.5, 0.6) is 0 Å². The van der Waals surface area contributed by atoms with Gasteiger partial charge in [0.15, 0.2) is 6.61 Å². The minimum absolute atomic E-state index is 0.207. The predicted octanol–water partition coefficient (Wildman–Crippen LogP) is 0.667. The Balaban J connectivity index is 2.55. The van der Waals surface area contributed by atoms with E-state index in [1.54, 1.807) is 0 Å². The Morgan fingerprint density at radius 2 is 2.43 bits per heavy atom. The summed E-state index contributed by atoms with van der Waals surface area (Å²) in [4.78, 5) is 9.95. The zero-order valence-electron chi connectivity index (χ0n) is 3.64. The van der Waals surface area contributed by atoms with Gasteiger partial charge in [-0.05, 0) is 0 Å². The molecule has 0 amide bonds. The summed E-state index contributed by atoms with van der Waals surface area (Å²) in [7, 11) is 0. The zero-order chi connectivity index (χ0) is 5.28. The number of carbonyl (C=O) groups is 1. The number of hydrogen-bond acceptors (Lipinski definition) is 3. The van der Waals surface area contributed by atoms with E-state index in [-0.39, 0.29) is 6.61 Å². The largest absolute Gasteiger partial charge is 0.514 e. The highest BCUT2D eigenvalue weighted by Gasteiger charge is 2.15. The topological polar surface area (TPSA) is 35.5 Å².